The van der Waals surface area contributed by atoms with Gasteiger partial charge in [0.2, 0.25) is 5.91 Å². The van der Waals surface area contributed by atoms with Crippen molar-refractivity contribution in [1.82, 2.24) is 9.80 Å². The molecule has 0 aromatic heterocycles. The van der Waals surface area contributed by atoms with E-state index in [1.54, 1.807) is 23.1 Å². The van der Waals surface area contributed by atoms with E-state index in [2.05, 4.69) is 0 Å². The molecule has 0 aliphatic carbocycles. The van der Waals surface area contributed by atoms with Crippen molar-refractivity contribution in [1.29, 1.82) is 0 Å². The first-order chi connectivity index (χ1) is 16.7. The van der Waals surface area contributed by atoms with E-state index in [0.29, 0.717) is 18.7 Å². The summed E-state index contributed by atoms with van der Waals surface area (Å²) in [5, 5.41) is -0.509. The third kappa shape index (κ3) is 5.51. The van der Waals surface area contributed by atoms with Gasteiger partial charge in [-0.2, -0.15) is 8.42 Å². The molecule has 0 saturated carbocycles. The van der Waals surface area contributed by atoms with E-state index in [0.717, 1.165) is 35.1 Å². The van der Waals surface area contributed by atoms with Gasteiger partial charge in [-0.1, -0.05) is 23.8 Å². The summed E-state index contributed by atoms with van der Waals surface area (Å²) in [5.41, 5.74) is 1.41. The number of ether oxygens (including phenoxy) is 1. The molecule has 2 aromatic rings. The Balaban J connectivity index is 1.51. The fourth-order valence-corrected chi connectivity index (χ4v) is 5.48. The molecule has 0 unspecified atom stereocenters. The Morgan fingerprint density at radius 1 is 1.06 bits per heavy atom. The van der Waals surface area contributed by atoms with Crippen LogP contribution in [0, 0.1) is 6.92 Å². The molecular weight excluding hydrogens is 492 g/mol. The van der Waals surface area contributed by atoms with E-state index in [4.69, 9.17) is 8.92 Å². The quantitative estimate of drug-likeness (QED) is 0.407. The number of carbonyl (C=O) groups excluding carboxylic acids is 3. The average molecular weight is 517 g/mol. The van der Waals surface area contributed by atoms with Gasteiger partial charge in [0.25, 0.3) is 11.1 Å². The zero-order chi connectivity index (χ0) is 25.2. The highest BCUT2D eigenvalue weighted by molar-refractivity contribution is 8.18. The number of methoxy groups -OCH3 is 1. The minimum absolute atomic E-state index is 0.00591. The minimum Gasteiger partial charge on any atom is -0.493 e. The molecule has 11 heteroatoms. The van der Waals surface area contributed by atoms with Gasteiger partial charge in [-0.25, -0.2) is 0 Å². The van der Waals surface area contributed by atoms with E-state index in [1.165, 1.54) is 37.5 Å². The van der Waals surface area contributed by atoms with Crippen LogP contribution in [0.25, 0.3) is 6.08 Å². The molecule has 2 aliphatic heterocycles. The van der Waals surface area contributed by atoms with Gasteiger partial charge in [-0.05, 0) is 67.4 Å². The van der Waals surface area contributed by atoms with Gasteiger partial charge in [0, 0.05) is 13.1 Å². The van der Waals surface area contributed by atoms with Crippen LogP contribution in [0.15, 0.2) is 52.3 Å². The van der Waals surface area contributed by atoms with Crippen molar-refractivity contribution in [2.75, 3.05) is 26.7 Å². The largest absolute Gasteiger partial charge is 0.493 e. The first kappa shape index (κ1) is 24.8. The fraction of sp³-hybridized carbons (Fsp3) is 0.292. The lowest BCUT2D eigenvalue weighted by Gasteiger charge is -2.18. The predicted octanol–water partition coefficient (Wildman–Crippen LogP) is 3.43. The van der Waals surface area contributed by atoms with E-state index in [-0.39, 0.29) is 33.8 Å². The van der Waals surface area contributed by atoms with Crippen molar-refractivity contribution in [3.8, 4) is 11.5 Å². The maximum absolute atomic E-state index is 12.8. The van der Waals surface area contributed by atoms with Gasteiger partial charge in [-0.15, -0.1) is 0 Å². The number of nitrogens with zero attached hydrogens (tertiary/aromatic N) is 2. The third-order valence-electron chi connectivity index (χ3n) is 5.62. The molecule has 2 heterocycles. The van der Waals surface area contributed by atoms with Crippen molar-refractivity contribution >= 4 is 45.0 Å². The lowest BCUT2D eigenvalue weighted by atomic mass is 10.2. The molecule has 0 radical (unpaired) electrons. The van der Waals surface area contributed by atoms with Crippen LogP contribution < -0.4 is 8.92 Å². The number of carbonyl (C=O) groups is 3. The molecule has 2 aromatic carbocycles. The van der Waals surface area contributed by atoms with Crippen LogP contribution in [0.5, 0.6) is 11.5 Å². The highest BCUT2D eigenvalue weighted by atomic mass is 32.2. The molecule has 0 spiro atoms. The van der Waals surface area contributed by atoms with Gasteiger partial charge in [-0.3, -0.25) is 19.3 Å². The molecule has 2 aliphatic rings. The van der Waals surface area contributed by atoms with Crippen LogP contribution in [0.3, 0.4) is 0 Å². The summed E-state index contributed by atoms with van der Waals surface area (Å²) in [6.07, 6.45) is 3.33. The van der Waals surface area contributed by atoms with E-state index in [1.807, 2.05) is 6.92 Å². The summed E-state index contributed by atoms with van der Waals surface area (Å²) >= 11 is 0.747. The van der Waals surface area contributed by atoms with E-state index >= 15 is 0 Å². The van der Waals surface area contributed by atoms with Crippen molar-refractivity contribution < 1.29 is 31.7 Å². The second-order valence-electron chi connectivity index (χ2n) is 8.12. The summed E-state index contributed by atoms with van der Waals surface area (Å²) in [7, 11) is -2.72. The van der Waals surface area contributed by atoms with Crippen molar-refractivity contribution in [3.63, 3.8) is 0 Å². The summed E-state index contributed by atoms with van der Waals surface area (Å²) in [5.74, 6) is -0.676. The second kappa shape index (κ2) is 10.1. The average Bonchev–Trinajstić information content (AvgIpc) is 3.45. The van der Waals surface area contributed by atoms with Crippen LogP contribution in [0.1, 0.15) is 24.0 Å². The lowest BCUT2D eigenvalue weighted by molar-refractivity contribution is -0.135. The number of likely N-dealkylation sites (tertiary alicyclic amines) is 1. The molecule has 184 valence electrons. The second-order valence-corrected chi connectivity index (χ2v) is 10.7. The first-order valence-corrected chi connectivity index (χ1v) is 13.1. The fourth-order valence-electron chi connectivity index (χ4n) is 3.70. The number of imide groups is 1. The number of thioether (sulfide) groups is 1. The Labute approximate surface area is 207 Å². The van der Waals surface area contributed by atoms with Gasteiger partial charge < -0.3 is 13.8 Å². The zero-order valence-electron chi connectivity index (χ0n) is 19.2. The Hall–Kier alpha value is -3.31. The number of hydrogen-bond donors (Lipinski definition) is 0. The topological polar surface area (TPSA) is 110 Å². The Kier molecular flexibility index (Phi) is 7.18. The highest BCUT2D eigenvalue weighted by Gasteiger charge is 2.37. The van der Waals surface area contributed by atoms with Gasteiger partial charge >= 0.3 is 10.1 Å². The Morgan fingerprint density at radius 3 is 2.40 bits per heavy atom. The monoisotopic (exact) mass is 516 g/mol. The number of benzene rings is 2. The summed E-state index contributed by atoms with van der Waals surface area (Å²) in [6.45, 7) is 2.84. The molecule has 2 fully saturated rings. The van der Waals surface area contributed by atoms with Crippen molar-refractivity contribution in [2.45, 2.75) is 24.7 Å². The summed E-state index contributed by atoms with van der Waals surface area (Å²) in [4.78, 5) is 40.3. The number of aryl methyl sites for hydroxylation is 1. The van der Waals surface area contributed by atoms with Gasteiger partial charge in [0.15, 0.2) is 11.5 Å². The van der Waals surface area contributed by atoms with Crippen molar-refractivity contribution in [2.24, 2.45) is 0 Å². The highest BCUT2D eigenvalue weighted by Crippen LogP contribution is 2.35. The molecule has 0 bridgehead atoms. The molecular formula is C24H24N2O7S2. The normalized spacial score (nSPS) is 17.4. The maximum atomic E-state index is 12.8. The number of hydrogen-bond acceptors (Lipinski definition) is 8. The summed E-state index contributed by atoms with van der Waals surface area (Å²) in [6, 6.07) is 10.7. The summed E-state index contributed by atoms with van der Waals surface area (Å²) < 4.78 is 35.8. The van der Waals surface area contributed by atoms with Crippen LogP contribution in [-0.2, 0) is 19.7 Å². The van der Waals surface area contributed by atoms with Crippen molar-refractivity contribution in [3.05, 3.63) is 58.5 Å². The van der Waals surface area contributed by atoms with Crippen LogP contribution in [0.2, 0.25) is 0 Å². The smallest absolute Gasteiger partial charge is 0.339 e. The molecule has 0 atom stereocenters. The maximum Gasteiger partial charge on any atom is 0.339 e. The molecule has 9 nitrogen and oxygen atoms in total. The third-order valence-corrected chi connectivity index (χ3v) is 7.78. The lowest BCUT2D eigenvalue weighted by Crippen LogP contribution is -2.40. The molecule has 0 N–H and O–H groups in total. The van der Waals surface area contributed by atoms with Crippen LogP contribution in [-0.4, -0.2) is 62.0 Å². The number of rotatable bonds is 7. The Morgan fingerprint density at radius 2 is 1.74 bits per heavy atom. The van der Waals surface area contributed by atoms with Gasteiger partial charge in [0.1, 0.15) is 11.4 Å². The molecule has 35 heavy (non-hydrogen) atoms. The zero-order valence-corrected chi connectivity index (χ0v) is 20.9. The molecule has 4 rings (SSSR count). The predicted molar refractivity (Wildman–Crippen MR) is 130 cm³/mol. The van der Waals surface area contributed by atoms with Crippen LogP contribution in [0.4, 0.5) is 4.79 Å². The Bertz CT molecular complexity index is 1300. The first-order valence-electron chi connectivity index (χ1n) is 10.9. The standard InChI is InChI=1S/C24H24N2O7S2/c1-16-5-8-18(9-6-16)35(30,31)33-19-10-7-17(13-20(19)32-2)14-21-23(28)26(24(29)34-21)15-22(27)25-11-3-4-12-25/h5-10,13-14H,3-4,11-12,15H2,1-2H3/b21-14-. The minimum atomic E-state index is -4.08. The molecule has 3 amide bonds. The number of amides is 3. The van der Waals surface area contributed by atoms with Crippen LogP contribution >= 0.6 is 11.8 Å². The SMILES string of the molecule is COc1cc(/C=C2\SC(=O)N(CC(=O)N3CCCC3)C2=O)ccc1OS(=O)(=O)c1ccc(C)cc1. The van der Waals surface area contributed by atoms with Gasteiger partial charge in [0.05, 0.1) is 12.0 Å². The van der Waals surface area contributed by atoms with E-state index < -0.39 is 21.3 Å². The molecule has 2 saturated heterocycles. The van der Waals surface area contributed by atoms with E-state index in [9.17, 15) is 22.8 Å².